The van der Waals surface area contributed by atoms with Crippen molar-refractivity contribution in [3.05, 3.63) is 30.0 Å². The second-order valence-electron chi connectivity index (χ2n) is 4.44. The average Bonchev–Trinajstić information content (AvgIpc) is 2.67. The van der Waals surface area contributed by atoms with Gasteiger partial charge in [-0.2, -0.15) is 0 Å². The van der Waals surface area contributed by atoms with Crippen molar-refractivity contribution in [2.45, 2.75) is 19.9 Å². The van der Waals surface area contributed by atoms with Gasteiger partial charge in [0.15, 0.2) is 0 Å². The fraction of sp³-hybridized carbons (Fsp3) is 0.286. The average molecular weight is 258 g/mol. The number of aromatic nitrogens is 1. The molecule has 1 aliphatic heterocycles. The van der Waals surface area contributed by atoms with Gasteiger partial charge in [0.1, 0.15) is 5.69 Å². The number of anilines is 1. The van der Waals surface area contributed by atoms with Crippen LogP contribution in [0.5, 0.6) is 0 Å². The van der Waals surface area contributed by atoms with Crippen molar-refractivity contribution in [1.82, 2.24) is 4.57 Å². The van der Waals surface area contributed by atoms with Gasteiger partial charge in [-0.1, -0.05) is 12.1 Å². The minimum absolute atomic E-state index is 0.0361. The Kier molecular flexibility index (Phi) is 2.74. The Bertz CT molecular complexity index is 673. The molecule has 0 unspecified atom stereocenters. The molecule has 3 rings (SSSR count). The van der Waals surface area contributed by atoms with Crippen molar-refractivity contribution in [3.63, 3.8) is 0 Å². The molecule has 0 fully saturated rings. The van der Waals surface area contributed by atoms with Crippen LogP contribution in [0, 0.1) is 0 Å². The lowest BCUT2D eigenvalue weighted by Gasteiger charge is -2.07. The molecule has 98 valence electrons. The van der Waals surface area contributed by atoms with E-state index in [4.69, 9.17) is 4.74 Å². The third-order valence-corrected chi connectivity index (χ3v) is 3.24. The number of carbonyl (C=O) groups is 2. The molecule has 0 aliphatic carbocycles. The molecule has 1 amide bonds. The Morgan fingerprint density at radius 3 is 3.11 bits per heavy atom. The monoisotopic (exact) mass is 258 g/mol. The number of nitrogens with zero attached hydrogens (tertiary/aromatic N) is 1. The summed E-state index contributed by atoms with van der Waals surface area (Å²) < 4.78 is 6.93. The Hall–Kier alpha value is -2.30. The van der Waals surface area contributed by atoms with Crippen molar-refractivity contribution < 1.29 is 14.3 Å². The summed E-state index contributed by atoms with van der Waals surface area (Å²) in [5, 5.41) is 3.79. The van der Waals surface area contributed by atoms with E-state index in [1.165, 1.54) is 0 Å². The van der Waals surface area contributed by atoms with Crippen molar-refractivity contribution in [2.24, 2.45) is 0 Å². The molecule has 2 heterocycles. The first-order valence-corrected chi connectivity index (χ1v) is 6.30. The topological polar surface area (TPSA) is 60.3 Å². The second kappa shape index (κ2) is 4.42. The van der Waals surface area contributed by atoms with Crippen LogP contribution in [-0.4, -0.2) is 23.1 Å². The number of amides is 1. The highest BCUT2D eigenvalue weighted by Gasteiger charge is 2.22. The number of carbonyl (C=O) groups excluding carboxylic acids is 2. The Balaban J connectivity index is 2.22. The SMILES string of the molecule is CCOC(=O)c1cc2cccc3c2n1CCC(=O)N3. The highest BCUT2D eigenvalue weighted by Crippen LogP contribution is 2.30. The van der Waals surface area contributed by atoms with Crippen LogP contribution >= 0.6 is 0 Å². The highest BCUT2D eigenvalue weighted by atomic mass is 16.5. The van der Waals surface area contributed by atoms with Gasteiger partial charge in [0.25, 0.3) is 0 Å². The molecule has 0 bridgehead atoms. The molecule has 1 aromatic carbocycles. The molecule has 0 saturated heterocycles. The van der Waals surface area contributed by atoms with Gasteiger partial charge < -0.3 is 14.6 Å². The summed E-state index contributed by atoms with van der Waals surface area (Å²) in [5.74, 6) is -0.384. The molecule has 2 aromatic rings. The van der Waals surface area contributed by atoms with Gasteiger partial charge in [0.05, 0.1) is 17.8 Å². The van der Waals surface area contributed by atoms with E-state index in [9.17, 15) is 9.59 Å². The van der Waals surface area contributed by atoms with Gasteiger partial charge in [-0.3, -0.25) is 4.79 Å². The minimum Gasteiger partial charge on any atom is -0.461 e. The summed E-state index contributed by atoms with van der Waals surface area (Å²) in [6.07, 6.45) is 0.352. The fourth-order valence-electron chi connectivity index (χ4n) is 2.46. The molecular formula is C14H14N2O3. The number of para-hydroxylation sites is 1. The van der Waals surface area contributed by atoms with Crippen LogP contribution in [-0.2, 0) is 16.1 Å². The maximum absolute atomic E-state index is 12.0. The summed E-state index contributed by atoms with van der Waals surface area (Å²) in [6.45, 7) is 2.60. The van der Waals surface area contributed by atoms with Crippen LogP contribution in [0.25, 0.3) is 10.9 Å². The number of hydrogen-bond donors (Lipinski definition) is 1. The first-order chi connectivity index (χ1) is 9.20. The van der Waals surface area contributed by atoms with Crippen molar-refractivity contribution in [1.29, 1.82) is 0 Å². The van der Waals surface area contributed by atoms with E-state index in [1.54, 1.807) is 6.92 Å². The Morgan fingerprint density at radius 1 is 1.47 bits per heavy atom. The number of benzene rings is 1. The first kappa shape index (κ1) is 11.8. The summed E-state index contributed by atoms with van der Waals surface area (Å²) in [4.78, 5) is 23.6. The maximum Gasteiger partial charge on any atom is 0.354 e. The lowest BCUT2D eigenvalue weighted by molar-refractivity contribution is -0.116. The Labute approximate surface area is 110 Å². The summed E-state index contributed by atoms with van der Waals surface area (Å²) in [7, 11) is 0. The third-order valence-electron chi connectivity index (χ3n) is 3.24. The van der Waals surface area contributed by atoms with Crippen LogP contribution in [0.1, 0.15) is 23.8 Å². The van der Waals surface area contributed by atoms with Gasteiger partial charge in [-0.15, -0.1) is 0 Å². The van der Waals surface area contributed by atoms with Crippen LogP contribution in [0.3, 0.4) is 0 Å². The minimum atomic E-state index is -0.348. The second-order valence-corrected chi connectivity index (χ2v) is 4.44. The third kappa shape index (κ3) is 1.87. The van der Waals surface area contributed by atoms with Crippen molar-refractivity contribution in [3.8, 4) is 0 Å². The van der Waals surface area contributed by atoms with Gasteiger partial charge in [0, 0.05) is 18.4 Å². The number of aryl methyl sites for hydroxylation is 1. The summed E-state index contributed by atoms with van der Waals surface area (Å²) in [6, 6.07) is 7.45. The van der Waals surface area contributed by atoms with E-state index in [2.05, 4.69) is 5.32 Å². The standard InChI is InChI=1S/C14H14N2O3/c1-2-19-14(18)11-8-9-4-3-5-10-13(9)16(11)7-6-12(17)15-10/h3-5,8H,2,6-7H2,1H3,(H,15,17). The number of rotatable bonds is 2. The van der Waals surface area contributed by atoms with Crippen LogP contribution in [0.15, 0.2) is 24.3 Å². The fourth-order valence-corrected chi connectivity index (χ4v) is 2.46. The quantitative estimate of drug-likeness (QED) is 0.840. The van der Waals surface area contributed by atoms with Crippen molar-refractivity contribution >= 4 is 28.5 Å². The lowest BCUT2D eigenvalue weighted by Crippen LogP contribution is -2.14. The van der Waals surface area contributed by atoms with Crippen LogP contribution < -0.4 is 5.32 Å². The smallest absolute Gasteiger partial charge is 0.354 e. The number of hydrogen-bond acceptors (Lipinski definition) is 3. The van der Waals surface area contributed by atoms with E-state index in [-0.39, 0.29) is 11.9 Å². The maximum atomic E-state index is 12.0. The molecule has 1 aliphatic rings. The van der Waals surface area contributed by atoms with Crippen LogP contribution in [0.4, 0.5) is 5.69 Å². The zero-order valence-corrected chi connectivity index (χ0v) is 10.6. The van der Waals surface area contributed by atoms with E-state index in [0.29, 0.717) is 25.3 Å². The number of esters is 1. The molecule has 0 spiro atoms. The predicted octanol–water partition coefficient (Wildman–Crippen LogP) is 2.16. The van der Waals surface area contributed by atoms with E-state index < -0.39 is 0 Å². The molecule has 0 saturated carbocycles. The summed E-state index contributed by atoms with van der Waals surface area (Å²) in [5.41, 5.74) is 2.13. The van der Waals surface area contributed by atoms with E-state index >= 15 is 0 Å². The summed E-state index contributed by atoms with van der Waals surface area (Å²) >= 11 is 0. The van der Waals surface area contributed by atoms with Crippen LogP contribution in [0.2, 0.25) is 0 Å². The number of ether oxygens (including phenoxy) is 1. The molecule has 0 atom stereocenters. The lowest BCUT2D eigenvalue weighted by atomic mass is 10.2. The normalized spacial score (nSPS) is 14.1. The van der Waals surface area contributed by atoms with Crippen molar-refractivity contribution in [2.75, 3.05) is 11.9 Å². The molecule has 5 nitrogen and oxygen atoms in total. The first-order valence-electron chi connectivity index (χ1n) is 6.30. The molecule has 1 aromatic heterocycles. The number of nitrogens with one attached hydrogen (secondary N) is 1. The predicted molar refractivity (Wildman–Crippen MR) is 71.1 cm³/mol. The molecule has 19 heavy (non-hydrogen) atoms. The van der Waals surface area contributed by atoms with E-state index in [1.807, 2.05) is 28.8 Å². The molecular weight excluding hydrogens is 244 g/mol. The zero-order valence-electron chi connectivity index (χ0n) is 10.6. The largest absolute Gasteiger partial charge is 0.461 e. The van der Waals surface area contributed by atoms with Gasteiger partial charge in [0.2, 0.25) is 5.91 Å². The van der Waals surface area contributed by atoms with E-state index in [0.717, 1.165) is 16.6 Å². The molecule has 1 N–H and O–H groups in total. The zero-order chi connectivity index (χ0) is 13.4. The Morgan fingerprint density at radius 2 is 2.32 bits per heavy atom. The highest BCUT2D eigenvalue weighted by molar-refractivity contribution is 6.05. The molecule has 0 radical (unpaired) electrons. The van der Waals surface area contributed by atoms with Gasteiger partial charge in [-0.05, 0) is 19.1 Å². The van der Waals surface area contributed by atoms with Gasteiger partial charge >= 0.3 is 5.97 Å². The molecule has 5 heteroatoms. The van der Waals surface area contributed by atoms with Gasteiger partial charge in [-0.25, -0.2) is 4.79 Å².